The molecule has 0 aliphatic heterocycles. The fourth-order valence-electron chi connectivity index (χ4n) is 0.512. The van der Waals surface area contributed by atoms with Crippen molar-refractivity contribution in [3.05, 3.63) is 25.7 Å². The van der Waals surface area contributed by atoms with Gasteiger partial charge in [-0.2, -0.15) is 0 Å². The van der Waals surface area contributed by atoms with Gasteiger partial charge < -0.3 is 5.11 Å². The first kappa shape index (κ1) is 8.43. The summed E-state index contributed by atoms with van der Waals surface area (Å²) >= 11 is 13.3. The van der Waals surface area contributed by atoms with E-state index in [0.29, 0.717) is 10.0 Å². The molecule has 1 N–H and O–H groups in total. The molecule has 0 unspecified atom stereocenters. The van der Waals surface area contributed by atoms with E-state index in [1.54, 1.807) is 6.07 Å². The largest absolute Gasteiger partial charge is 0.506 e. The van der Waals surface area contributed by atoms with Gasteiger partial charge in [-0.25, -0.2) is 0 Å². The third kappa shape index (κ3) is 1.68. The van der Waals surface area contributed by atoms with Gasteiger partial charge in [-0.1, -0.05) is 23.2 Å². The lowest BCUT2D eigenvalue weighted by Gasteiger charge is -1.98. The molecule has 0 heterocycles. The zero-order chi connectivity index (χ0) is 7.72. The van der Waals surface area contributed by atoms with E-state index in [4.69, 9.17) is 28.3 Å². The highest BCUT2D eigenvalue weighted by atomic mass is 127. The molecule has 1 aromatic carbocycles. The summed E-state index contributed by atoms with van der Waals surface area (Å²) in [4.78, 5) is 0. The lowest BCUT2D eigenvalue weighted by molar-refractivity contribution is 0.475. The second kappa shape index (κ2) is 3.15. The monoisotopic (exact) mass is 288 g/mol. The molecule has 0 saturated carbocycles. The molecule has 1 nitrogen and oxygen atoms in total. The normalized spacial score (nSPS) is 9.90. The first-order valence-electron chi connectivity index (χ1n) is 2.45. The number of phenolic OH excluding ortho intramolecular Hbond substituents is 1. The number of benzene rings is 1. The second-order valence-electron chi connectivity index (χ2n) is 1.72. The summed E-state index contributed by atoms with van der Waals surface area (Å²) in [7, 11) is 0. The molecule has 0 amide bonds. The molecule has 1 rings (SSSR count). The van der Waals surface area contributed by atoms with Gasteiger partial charge >= 0.3 is 0 Å². The van der Waals surface area contributed by atoms with Crippen LogP contribution in [0.5, 0.6) is 5.75 Å². The van der Waals surface area contributed by atoms with Crippen LogP contribution in [0.2, 0.25) is 10.0 Å². The number of halogens is 3. The molecule has 4 heteroatoms. The number of hydrogen-bond donors (Lipinski definition) is 1. The van der Waals surface area contributed by atoms with Crippen LogP contribution in [-0.4, -0.2) is 5.11 Å². The van der Waals surface area contributed by atoms with E-state index in [-0.39, 0.29) is 5.75 Å². The van der Waals surface area contributed by atoms with Gasteiger partial charge in [0.25, 0.3) is 0 Å². The van der Waals surface area contributed by atoms with Gasteiger partial charge in [-0.05, 0) is 28.7 Å². The van der Waals surface area contributed by atoms with Crippen LogP contribution in [0.15, 0.2) is 12.1 Å². The summed E-state index contributed by atoms with van der Waals surface area (Å²) in [5.74, 6) is 0.0204. The van der Waals surface area contributed by atoms with E-state index in [9.17, 15) is 0 Å². The summed E-state index contributed by atoms with van der Waals surface area (Å²) < 4.78 is 0.835. The topological polar surface area (TPSA) is 20.2 Å². The molecule has 10 heavy (non-hydrogen) atoms. The summed E-state index contributed by atoms with van der Waals surface area (Å²) in [5, 5.41) is 9.85. The summed E-state index contributed by atoms with van der Waals surface area (Å²) in [6.07, 6.45) is 0. The lowest BCUT2D eigenvalue weighted by atomic mass is 10.3. The third-order valence-corrected chi connectivity index (χ3v) is 2.82. The molecule has 54 valence electrons. The van der Waals surface area contributed by atoms with Crippen LogP contribution in [0.1, 0.15) is 0 Å². The van der Waals surface area contributed by atoms with Crippen molar-refractivity contribution in [2.45, 2.75) is 0 Å². The maximum absolute atomic E-state index is 9.00. The van der Waals surface area contributed by atoms with Crippen LogP contribution in [0.25, 0.3) is 0 Å². The number of aromatic hydroxyl groups is 1. The minimum absolute atomic E-state index is 0.0204. The highest BCUT2D eigenvalue weighted by molar-refractivity contribution is 14.1. The third-order valence-electron chi connectivity index (χ3n) is 0.990. The molecular formula is C6H3Cl2IO. The highest BCUT2D eigenvalue weighted by Crippen LogP contribution is 2.30. The van der Waals surface area contributed by atoms with Crippen LogP contribution in [0.4, 0.5) is 0 Å². The number of hydrogen-bond acceptors (Lipinski definition) is 1. The van der Waals surface area contributed by atoms with Gasteiger partial charge in [0.1, 0.15) is 5.75 Å². The summed E-state index contributed by atoms with van der Waals surface area (Å²) in [6.45, 7) is 0. The highest BCUT2D eigenvalue weighted by Gasteiger charge is 2.02. The standard InChI is InChI=1S/C6H3Cl2IO/c7-3-2-6(10)4(8)1-5(3)9/h1-2,10H. The van der Waals surface area contributed by atoms with Gasteiger partial charge in [0.05, 0.1) is 10.0 Å². The van der Waals surface area contributed by atoms with Crippen molar-refractivity contribution >= 4 is 45.8 Å². The Balaban J connectivity index is 3.28. The maximum atomic E-state index is 9.00. The van der Waals surface area contributed by atoms with Crippen LogP contribution in [0.3, 0.4) is 0 Å². The molecule has 0 spiro atoms. The fourth-order valence-corrected chi connectivity index (χ4v) is 1.48. The van der Waals surface area contributed by atoms with Crippen molar-refractivity contribution < 1.29 is 5.11 Å². The molecule has 0 saturated heterocycles. The second-order valence-corrected chi connectivity index (χ2v) is 3.69. The predicted octanol–water partition coefficient (Wildman–Crippen LogP) is 3.30. The van der Waals surface area contributed by atoms with Crippen molar-refractivity contribution in [2.24, 2.45) is 0 Å². The lowest BCUT2D eigenvalue weighted by Crippen LogP contribution is -1.74. The zero-order valence-electron chi connectivity index (χ0n) is 4.74. The average molecular weight is 289 g/mol. The Morgan fingerprint density at radius 2 is 1.80 bits per heavy atom. The first-order valence-corrected chi connectivity index (χ1v) is 4.28. The van der Waals surface area contributed by atoms with Crippen molar-refractivity contribution in [2.75, 3.05) is 0 Å². The van der Waals surface area contributed by atoms with E-state index in [1.165, 1.54) is 6.07 Å². The van der Waals surface area contributed by atoms with E-state index >= 15 is 0 Å². The van der Waals surface area contributed by atoms with Crippen molar-refractivity contribution in [1.29, 1.82) is 0 Å². The van der Waals surface area contributed by atoms with Gasteiger partial charge in [0.2, 0.25) is 0 Å². The average Bonchev–Trinajstić information content (AvgIpc) is 1.84. The van der Waals surface area contributed by atoms with Gasteiger partial charge in [-0.3, -0.25) is 0 Å². The Kier molecular flexibility index (Phi) is 2.66. The molecule has 0 bridgehead atoms. The number of phenols is 1. The smallest absolute Gasteiger partial charge is 0.135 e. The van der Waals surface area contributed by atoms with Crippen molar-refractivity contribution in [3.8, 4) is 5.75 Å². The Morgan fingerprint density at radius 1 is 1.20 bits per heavy atom. The van der Waals surface area contributed by atoms with E-state index < -0.39 is 0 Å². The van der Waals surface area contributed by atoms with Crippen LogP contribution in [-0.2, 0) is 0 Å². The zero-order valence-corrected chi connectivity index (χ0v) is 8.41. The molecule has 0 aliphatic carbocycles. The SMILES string of the molecule is Oc1cc(Cl)c(I)cc1Cl. The Labute approximate surface area is 82.1 Å². The molecule has 1 aromatic rings. The molecular weight excluding hydrogens is 286 g/mol. The minimum Gasteiger partial charge on any atom is -0.506 e. The van der Waals surface area contributed by atoms with Crippen LogP contribution >= 0.6 is 45.8 Å². The van der Waals surface area contributed by atoms with E-state index in [1.807, 2.05) is 22.6 Å². The van der Waals surface area contributed by atoms with Gasteiger partial charge in [0, 0.05) is 9.64 Å². The number of rotatable bonds is 0. The Hall–Kier alpha value is 0.330. The predicted molar refractivity (Wildman–Crippen MR) is 50.8 cm³/mol. The van der Waals surface area contributed by atoms with Crippen molar-refractivity contribution in [1.82, 2.24) is 0 Å². The molecule has 0 aliphatic rings. The Morgan fingerprint density at radius 3 is 2.30 bits per heavy atom. The fraction of sp³-hybridized carbons (Fsp3) is 0. The maximum Gasteiger partial charge on any atom is 0.135 e. The van der Waals surface area contributed by atoms with Gasteiger partial charge in [-0.15, -0.1) is 0 Å². The van der Waals surface area contributed by atoms with Crippen LogP contribution in [0, 0.1) is 3.57 Å². The van der Waals surface area contributed by atoms with E-state index in [0.717, 1.165) is 3.57 Å². The van der Waals surface area contributed by atoms with Crippen LogP contribution < -0.4 is 0 Å². The summed E-state index contributed by atoms with van der Waals surface area (Å²) in [5.41, 5.74) is 0. The van der Waals surface area contributed by atoms with Crippen molar-refractivity contribution in [3.63, 3.8) is 0 Å². The van der Waals surface area contributed by atoms with Gasteiger partial charge in [0.15, 0.2) is 0 Å². The quantitative estimate of drug-likeness (QED) is 0.574. The molecule has 0 atom stereocenters. The molecule has 0 fully saturated rings. The van der Waals surface area contributed by atoms with E-state index in [2.05, 4.69) is 0 Å². The molecule has 0 aromatic heterocycles. The first-order chi connectivity index (χ1) is 4.61. The summed E-state index contributed by atoms with van der Waals surface area (Å²) in [6, 6.07) is 3.03. The molecule has 0 radical (unpaired) electrons. The minimum atomic E-state index is 0.0204. The Bertz CT molecular complexity index is 212.